The van der Waals surface area contributed by atoms with E-state index >= 15 is 0 Å². The first-order valence-corrected chi connectivity index (χ1v) is 5.08. The summed E-state index contributed by atoms with van der Waals surface area (Å²) in [5.41, 5.74) is 3.86. The molecule has 0 radical (unpaired) electrons. The van der Waals surface area contributed by atoms with E-state index in [1.165, 1.54) is 6.21 Å². The molecule has 2 aromatic rings. The van der Waals surface area contributed by atoms with E-state index in [0.717, 1.165) is 22.5 Å². The van der Waals surface area contributed by atoms with Gasteiger partial charge in [-0.1, -0.05) is 12.1 Å². The Morgan fingerprint density at radius 3 is 2.81 bits per heavy atom. The van der Waals surface area contributed by atoms with Crippen LogP contribution in [0.2, 0.25) is 0 Å². The summed E-state index contributed by atoms with van der Waals surface area (Å²) in [7, 11) is 0. The molecule has 0 atom stereocenters. The van der Waals surface area contributed by atoms with Crippen LogP contribution in [0.1, 0.15) is 11.1 Å². The minimum absolute atomic E-state index is 0.909. The van der Waals surface area contributed by atoms with Crippen molar-refractivity contribution in [2.24, 2.45) is 0 Å². The second-order valence-electron chi connectivity index (χ2n) is 3.55. The first-order chi connectivity index (χ1) is 7.81. The summed E-state index contributed by atoms with van der Waals surface area (Å²) in [5.74, 6) is 0. The molecular formula is C13H13N3. The molecule has 0 fully saturated rings. The average molecular weight is 211 g/mol. The summed E-state index contributed by atoms with van der Waals surface area (Å²) in [5, 5.41) is 10.7. The molecule has 0 amide bonds. The zero-order valence-electron chi connectivity index (χ0n) is 9.07. The highest BCUT2D eigenvalue weighted by Gasteiger charge is 2.02. The van der Waals surface area contributed by atoms with E-state index < -0.39 is 0 Å². The molecule has 0 aliphatic rings. The highest BCUT2D eigenvalue weighted by molar-refractivity contribution is 5.89. The SMILES string of the molecule is Cc1cccc(Nc2cccnc2)c1C=N. The molecule has 0 spiro atoms. The number of nitrogens with one attached hydrogen (secondary N) is 2. The van der Waals surface area contributed by atoms with Crippen molar-refractivity contribution in [3.63, 3.8) is 0 Å². The molecule has 0 saturated heterocycles. The largest absolute Gasteiger partial charge is 0.354 e. The maximum atomic E-state index is 7.41. The van der Waals surface area contributed by atoms with E-state index in [1.807, 2.05) is 37.3 Å². The van der Waals surface area contributed by atoms with E-state index in [4.69, 9.17) is 5.41 Å². The van der Waals surface area contributed by atoms with Gasteiger partial charge in [0.2, 0.25) is 0 Å². The summed E-state index contributed by atoms with van der Waals surface area (Å²) in [4.78, 5) is 4.04. The van der Waals surface area contributed by atoms with Gasteiger partial charge in [-0.15, -0.1) is 0 Å². The van der Waals surface area contributed by atoms with Crippen molar-refractivity contribution in [1.82, 2.24) is 4.98 Å². The van der Waals surface area contributed by atoms with Crippen molar-refractivity contribution in [3.8, 4) is 0 Å². The lowest BCUT2D eigenvalue weighted by Gasteiger charge is -2.10. The Morgan fingerprint density at radius 1 is 1.25 bits per heavy atom. The number of rotatable bonds is 3. The van der Waals surface area contributed by atoms with Gasteiger partial charge in [-0.25, -0.2) is 0 Å². The van der Waals surface area contributed by atoms with E-state index in [-0.39, 0.29) is 0 Å². The number of benzene rings is 1. The fourth-order valence-corrected chi connectivity index (χ4v) is 1.57. The van der Waals surface area contributed by atoms with Gasteiger partial charge in [-0.05, 0) is 30.7 Å². The molecule has 0 bridgehead atoms. The topological polar surface area (TPSA) is 48.8 Å². The van der Waals surface area contributed by atoms with E-state index in [2.05, 4.69) is 10.3 Å². The first-order valence-electron chi connectivity index (χ1n) is 5.08. The lowest BCUT2D eigenvalue weighted by molar-refractivity contribution is 1.32. The number of hydrogen-bond donors (Lipinski definition) is 2. The zero-order chi connectivity index (χ0) is 11.4. The standard InChI is InChI=1S/C13H13N3/c1-10-4-2-6-13(12(10)8-14)16-11-5-3-7-15-9-11/h2-9,14,16H,1H3. The zero-order valence-corrected chi connectivity index (χ0v) is 9.07. The van der Waals surface area contributed by atoms with Crippen LogP contribution in [-0.4, -0.2) is 11.2 Å². The predicted molar refractivity (Wildman–Crippen MR) is 66.6 cm³/mol. The molecule has 1 heterocycles. The first kappa shape index (κ1) is 10.4. The molecule has 0 saturated carbocycles. The summed E-state index contributed by atoms with van der Waals surface area (Å²) in [6, 6.07) is 9.75. The maximum Gasteiger partial charge on any atom is 0.0570 e. The lowest BCUT2D eigenvalue weighted by atomic mass is 10.1. The molecule has 0 aliphatic carbocycles. The minimum Gasteiger partial charge on any atom is -0.354 e. The summed E-state index contributed by atoms with van der Waals surface area (Å²) in [6.45, 7) is 1.99. The fraction of sp³-hybridized carbons (Fsp3) is 0.0769. The van der Waals surface area contributed by atoms with Crippen LogP contribution in [0.5, 0.6) is 0 Å². The Hall–Kier alpha value is -2.16. The highest BCUT2D eigenvalue weighted by atomic mass is 14.9. The molecule has 3 heteroatoms. The van der Waals surface area contributed by atoms with Gasteiger partial charge in [0, 0.05) is 23.7 Å². The van der Waals surface area contributed by atoms with Gasteiger partial charge in [0.05, 0.1) is 11.9 Å². The van der Waals surface area contributed by atoms with Gasteiger partial charge < -0.3 is 10.7 Å². The van der Waals surface area contributed by atoms with Crippen molar-refractivity contribution in [3.05, 3.63) is 53.9 Å². The van der Waals surface area contributed by atoms with Crippen LogP contribution < -0.4 is 5.32 Å². The Bertz CT molecular complexity index is 492. The predicted octanol–water partition coefficient (Wildman–Crippen LogP) is 3.13. The van der Waals surface area contributed by atoms with Crippen LogP contribution in [0.3, 0.4) is 0 Å². The molecule has 2 N–H and O–H groups in total. The second kappa shape index (κ2) is 4.57. The average Bonchev–Trinajstić information content (AvgIpc) is 2.31. The number of hydrogen-bond acceptors (Lipinski definition) is 3. The third-order valence-electron chi connectivity index (χ3n) is 2.41. The number of anilines is 2. The van der Waals surface area contributed by atoms with Crippen LogP contribution in [-0.2, 0) is 0 Å². The van der Waals surface area contributed by atoms with Crippen molar-refractivity contribution in [1.29, 1.82) is 5.41 Å². The molecule has 3 nitrogen and oxygen atoms in total. The Morgan fingerprint density at radius 2 is 2.12 bits per heavy atom. The molecule has 0 unspecified atom stereocenters. The van der Waals surface area contributed by atoms with Crippen molar-refractivity contribution >= 4 is 17.6 Å². The smallest absolute Gasteiger partial charge is 0.0570 e. The minimum atomic E-state index is 0.909. The second-order valence-corrected chi connectivity index (χ2v) is 3.55. The lowest BCUT2D eigenvalue weighted by Crippen LogP contribution is -1.97. The number of aromatic nitrogens is 1. The number of nitrogens with zero attached hydrogens (tertiary/aromatic N) is 1. The third-order valence-corrected chi connectivity index (χ3v) is 2.41. The van der Waals surface area contributed by atoms with E-state index in [1.54, 1.807) is 12.4 Å². The van der Waals surface area contributed by atoms with Crippen LogP contribution in [0.25, 0.3) is 0 Å². The van der Waals surface area contributed by atoms with Gasteiger partial charge in [0.15, 0.2) is 0 Å². The third kappa shape index (κ3) is 2.08. The van der Waals surface area contributed by atoms with Gasteiger partial charge >= 0.3 is 0 Å². The van der Waals surface area contributed by atoms with Crippen LogP contribution >= 0.6 is 0 Å². The van der Waals surface area contributed by atoms with Crippen LogP contribution in [0, 0.1) is 12.3 Å². The molecule has 16 heavy (non-hydrogen) atoms. The highest BCUT2D eigenvalue weighted by Crippen LogP contribution is 2.21. The number of pyridine rings is 1. The Kier molecular flexibility index (Phi) is 2.96. The normalized spacial score (nSPS) is 9.81. The molecule has 1 aromatic heterocycles. The molecular weight excluding hydrogens is 198 g/mol. The molecule has 0 aliphatic heterocycles. The van der Waals surface area contributed by atoms with Crippen LogP contribution in [0.4, 0.5) is 11.4 Å². The fourth-order valence-electron chi connectivity index (χ4n) is 1.57. The van der Waals surface area contributed by atoms with Gasteiger partial charge in [-0.3, -0.25) is 4.98 Å². The van der Waals surface area contributed by atoms with Crippen molar-refractivity contribution < 1.29 is 0 Å². The quantitative estimate of drug-likeness (QED) is 0.766. The van der Waals surface area contributed by atoms with Gasteiger partial charge in [0.25, 0.3) is 0 Å². The van der Waals surface area contributed by atoms with E-state index in [9.17, 15) is 0 Å². The summed E-state index contributed by atoms with van der Waals surface area (Å²) in [6.07, 6.45) is 4.86. The van der Waals surface area contributed by atoms with Crippen LogP contribution in [0.15, 0.2) is 42.7 Å². The molecule has 2 rings (SSSR count). The maximum absolute atomic E-state index is 7.41. The summed E-state index contributed by atoms with van der Waals surface area (Å²) >= 11 is 0. The summed E-state index contributed by atoms with van der Waals surface area (Å²) < 4.78 is 0. The Balaban J connectivity index is 2.35. The molecule has 1 aromatic carbocycles. The van der Waals surface area contributed by atoms with Crippen molar-refractivity contribution in [2.75, 3.05) is 5.32 Å². The monoisotopic (exact) mass is 211 g/mol. The molecule has 80 valence electrons. The number of aryl methyl sites for hydroxylation is 1. The van der Waals surface area contributed by atoms with E-state index in [0.29, 0.717) is 0 Å². The van der Waals surface area contributed by atoms with Crippen molar-refractivity contribution in [2.45, 2.75) is 6.92 Å². The van der Waals surface area contributed by atoms with Gasteiger partial charge in [0.1, 0.15) is 0 Å². The Labute approximate surface area is 94.7 Å². The van der Waals surface area contributed by atoms with Gasteiger partial charge in [-0.2, -0.15) is 0 Å².